The monoisotopic (exact) mass is 212 g/mol. The van der Waals surface area contributed by atoms with Crippen molar-refractivity contribution in [2.24, 2.45) is 5.92 Å². The molecule has 0 atom stereocenters. The first-order valence-corrected chi connectivity index (χ1v) is 6.13. The van der Waals surface area contributed by atoms with Crippen molar-refractivity contribution in [2.45, 2.75) is 64.9 Å². The lowest BCUT2D eigenvalue weighted by Gasteiger charge is -2.22. The molecule has 1 aliphatic rings. The second-order valence-electron chi connectivity index (χ2n) is 5.65. The topological polar surface area (TPSA) is 26.3 Å². The summed E-state index contributed by atoms with van der Waals surface area (Å²) in [7, 11) is 0. The summed E-state index contributed by atoms with van der Waals surface area (Å²) in [5, 5.41) is 0. The number of hydrogen-bond acceptors (Lipinski definition) is 2. The first kappa shape index (κ1) is 12.7. The Morgan fingerprint density at radius 1 is 1.20 bits per heavy atom. The molecule has 0 aliphatic heterocycles. The molecule has 1 aliphatic carbocycles. The van der Waals surface area contributed by atoms with Crippen LogP contribution < -0.4 is 0 Å². The normalized spacial score (nSPS) is 19.1. The Bertz CT molecular complexity index is 197. The molecule has 0 aromatic heterocycles. The highest BCUT2D eigenvalue weighted by atomic mass is 16.5. The first-order valence-electron chi connectivity index (χ1n) is 6.13. The van der Waals surface area contributed by atoms with Crippen molar-refractivity contribution in [1.29, 1.82) is 0 Å². The Morgan fingerprint density at radius 3 is 2.33 bits per heavy atom. The van der Waals surface area contributed by atoms with Crippen LogP contribution in [0.25, 0.3) is 0 Å². The maximum atomic E-state index is 11.6. The number of carbonyl (C=O) groups excluding carboxylic acids is 1. The minimum Gasteiger partial charge on any atom is -0.368 e. The van der Waals surface area contributed by atoms with Gasteiger partial charge in [-0.05, 0) is 26.7 Å². The highest BCUT2D eigenvalue weighted by molar-refractivity contribution is 5.79. The van der Waals surface area contributed by atoms with Gasteiger partial charge in [0.05, 0.1) is 5.60 Å². The third kappa shape index (κ3) is 5.93. The van der Waals surface area contributed by atoms with Crippen LogP contribution in [0.5, 0.6) is 0 Å². The molecule has 88 valence electrons. The fourth-order valence-corrected chi connectivity index (χ4v) is 2.07. The van der Waals surface area contributed by atoms with Crippen LogP contribution in [0.3, 0.4) is 0 Å². The maximum absolute atomic E-state index is 11.6. The number of rotatable bonds is 4. The van der Waals surface area contributed by atoms with Crippen molar-refractivity contribution in [3.05, 3.63) is 0 Å². The van der Waals surface area contributed by atoms with Crippen molar-refractivity contribution in [2.75, 3.05) is 6.61 Å². The van der Waals surface area contributed by atoms with Gasteiger partial charge in [-0.1, -0.05) is 32.1 Å². The van der Waals surface area contributed by atoms with Crippen molar-refractivity contribution in [3.8, 4) is 0 Å². The number of ketones is 1. The second kappa shape index (κ2) is 5.64. The van der Waals surface area contributed by atoms with E-state index < -0.39 is 0 Å². The van der Waals surface area contributed by atoms with Gasteiger partial charge in [-0.3, -0.25) is 4.79 Å². The molecule has 0 aromatic carbocycles. The quantitative estimate of drug-likeness (QED) is 0.714. The van der Waals surface area contributed by atoms with E-state index in [0.29, 0.717) is 12.5 Å². The Morgan fingerprint density at radius 2 is 1.80 bits per heavy atom. The molecule has 0 unspecified atom stereocenters. The van der Waals surface area contributed by atoms with Crippen LogP contribution in [-0.4, -0.2) is 18.0 Å². The van der Waals surface area contributed by atoms with E-state index in [1.165, 1.54) is 32.1 Å². The molecule has 1 saturated carbocycles. The van der Waals surface area contributed by atoms with E-state index in [9.17, 15) is 4.79 Å². The van der Waals surface area contributed by atoms with Gasteiger partial charge in [0.2, 0.25) is 0 Å². The zero-order chi connectivity index (χ0) is 11.3. The predicted octanol–water partition coefficient (Wildman–Crippen LogP) is 3.34. The van der Waals surface area contributed by atoms with Gasteiger partial charge in [-0.25, -0.2) is 0 Å². The van der Waals surface area contributed by atoms with Crippen molar-refractivity contribution >= 4 is 5.78 Å². The number of Topliss-reactive ketones (excluding diaryl/α,β-unsaturated/α-hetero) is 1. The molecule has 0 amide bonds. The molecule has 15 heavy (non-hydrogen) atoms. The second-order valence-corrected chi connectivity index (χ2v) is 5.65. The van der Waals surface area contributed by atoms with Gasteiger partial charge in [-0.15, -0.1) is 0 Å². The number of ether oxygens (including phenoxy) is 1. The Labute approximate surface area is 93.4 Å². The van der Waals surface area contributed by atoms with Crippen LogP contribution in [0.15, 0.2) is 0 Å². The summed E-state index contributed by atoms with van der Waals surface area (Å²) >= 11 is 0. The average Bonchev–Trinajstić information content (AvgIpc) is 2.15. The Hall–Kier alpha value is -0.370. The van der Waals surface area contributed by atoms with Crippen LogP contribution in [0, 0.1) is 5.92 Å². The molecule has 1 rings (SSSR count). The maximum Gasteiger partial charge on any atom is 0.158 e. The molecule has 0 saturated heterocycles. The standard InChI is InChI=1S/C13H24O2/c1-13(2,3)15-10-12(14)9-11-7-5-4-6-8-11/h11H,4-10H2,1-3H3. The molecule has 0 spiro atoms. The zero-order valence-electron chi connectivity index (χ0n) is 10.3. The highest BCUT2D eigenvalue weighted by Gasteiger charge is 2.18. The summed E-state index contributed by atoms with van der Waals surface area (Å²) in [6.45, 7) is 6.25. The van der Waals surface area contributed by atoms with Gasteiger partial charge in [0, 0.05) is 6.42 Å². The van der Waals surface area contributed by atoms with Crippen molar-refractivity contribution < 1.29 is 9.53 Å². The predicted molar refractivity (Wildman–Crippen MR) is 61.9 cm³/mol. The molecule has 1 fully saturated rings. The SMILES string of the molecule is CC(C)(C)OCC(=O)CC1CCCCC1. The lowest BCUT2D eigenvalue weighted by atomic mass is 9.86. The lowest BCUT2D eigenvalue weighted by molar-refractivity contribution is -0.129. The number of hydrogen-bond donors (Lipinski definition) is 0. The minimum absolute atomic E-state index is 0.192. The van der Waals surface area contributed by atoms with E-state index in [4.69, 9.17) is 4.74 Å². The molecule has 0 aromatic rings. The Kier molecular flexibility index (Phi) is 4.78. The smallest absolute Gasteiger partial charge is 0.158 e. The van der Waals surface area contributed by atoms with Crippen molar-refractivity contribution in [3.63, 3.8) is 0 Å². The fourth-order valence-electron chi connectivity index (χ4n) is 2.07. The van der Waals surface area contributed by atoms with Gasteiger partial charge in [0.25, 0.3) is 0 Å². The summed E-state index contributed by atoms with van der Waals surface area (Å²) in [5.74, 6) is 0.909. The molecule has 2 nitrogen and oxygen atoms in total. The zero-order valence-corrected chi connectivity index (χ0v) is 10.3. The number of carbonyl (C=O) groups is 1. The molecular formula is C13H24O2. The fraction of sp³-hybridized carbons (Fsp3) is 0.923. The molecule has 0 N–H and O–H groups in total. The van der Waals surface area contributed by atoms with E-state index in [0.717, 1.165) is 6.42 Å². The van der Waals surface area contributed by atoms with Gasteiger partial charge in [0.15, 0.2) is 5.78 Å². The van der Waals surface area contributed by atoms with Gasteiger partial charge < -0.3 is 4.74 Å². The van der Waals surface area contributed by atoms with Crippen LogP contribution in [-0.2, 0) is 9.53 Å². The molecule has 0 bridgehead atoms. The van der Waals surface area contributed by atoms with Crippen LogP contribution >= 0.6 is 0 Å². The van der Waals surface area contributed by atoms with Gasteiger partial charge in [0.1, 0.15) is 6.61 Å². The van der Waals surface area contributed by atoms with Crippen LogP contribution in [0.1, 0.15) is 59.3 Å². The summed E-state index contributed by atoms with van der Waals surface area (Å²) in [6.07, 6.45) is 7.16. The van der Waals surface area contributed by atoms with Gasteiger partial charge in [-0.2, -0.15) is 0 Å². The van der Waals surface area contributed by atoms with Crippen LogP contribution in [0.4, 0.5) is 0 Å². The summed E-state index contributed by atoms with van der Waals surface area (Å²) in [4.78, 5) is 11.6. The van der Waals surface area contributed by atoms with E-state index in [1.807, 2.05) is 20.8 Å². The highest BCUT2D eigenvalue weighted by Crippen LogP contribution is 2.26. The minimum atomic E-state index is -0.192. The largest absolute Gasteiger partial charge is 0.368 e. The first-order chi connectivity index (χ1) is 6.97. The third-order valence-corrected chi connectivity index (χ3v) is 2.91. The summed E-state index contributed by atoms with van der Waals surface area (Å²) in [5.41, 5.74) is -0.192. The summed E-state index contributed by atoms with van der Waals surface area (Å²) in [6, 6.07) is 0. The molecular weight excluding hydrogens is 188 g/mol. The van der Waals surface area contributed by atoms with E-state index in [2.05, 4.69) is 0 Å². The molecule has 0 heterocycles. The van der Waals surface area contributed by atoms with E-state index in [1.54, 1.807) is 0 Å². The third-order valence-electron chi connectivity index (χ3n) is 2.91. The summed E-state index contributed by atoms with van der Waals surface area (Å²) < 4.78 is 5.48. The lowest BCUT2D eigenvalue weighted by Crippen LogP contribution is -2.25. The van der Waals surface area contributed by atoms with Crippen LogP contribution in [0.2, 0.25) is 0 Å². The average molecular weight is 212 g/mol. The van der Waals surface area contributed by atoms with E-state index >= 15 is 0 Å². The van der Waals surface area contributed by atoms with Gasteiger partial charge >= 0.3 is 0 Å². The molecule has 0 radical (unpaired) electrons. The van der Waals surface area contributed by atoms with Crippen molar-refractivity contribution in [1.82, 2.24) is 0 Å². The van der Waals surface area contributed by atoms with E-state index in [-0.39, 0.29) is 11.4 Å². The Balaban J connectivity index is 2.17. The molecule has 2 heteroatoms.